The zero-order valence-corrected chi connectivity index (χ0v) is 12.1. The van der Waals surface area contributed by atoms with Crippen molar-refractivity contribution in [2.24, 2.45) is 0 Å². The molecule has 1 aromatic rings. The molecule has 1 N–H and O–H groups in total. The van der Waals surface area contributed by atoms with Gasteiger partial charge in [0.05, 0.1) is 13.2 Å². The van der Waals surface area contributed by atoms with Gasteiger partial charge in [-0.25, -0.2) is 0 Å². The molecule has 0 radical (unpaired) electrons. The summed E-state index contributed by atoms with van der Waals surface area (Å²) in [6.45, 7) is 6.17. The minimum atomic E-state index is 0.753. The van der Waals surface area contributed by atoms with Gasteiger partial charge in [0.25, 0.3) is 0 Å². The topological polar surface area (TPSA) is 30.5 Å². The number of hydrogen-bond acceptors (Lipinski definition) is 4. The largest absolute Gasteiger partial charge is 0.383 e. The Morgan fingerprint density at radius 2 is 2.17 bits per heavy atom. The van der Waals surface area contributed by atoms with Crippen molar-refractivity contribution in [2.75, 3.05) is 39.2 Å². The molecule has 102 valence electrons. The average molecular weight is 269 g/mol. The van der Waals surface area contributed by atoms with Gasteiger partial charge in [-0.2, -0.15) is 0 Å². The van der Waals surface area contributed by atoms with E-state index in [2.05, 4.69) is 29.6 Å². The third kappa shape index (κ3) is 7.01. The van der Waals surface area contributed by atoms with Crippen LogP contribution >= 0.6 is 11.8 Å². The van der Waals surface area contributed by atoms with E-state index >= 15 is 0 Å². The van der Waals surface area contributed by atoms with Crippen LogP contribution in [0.2, 0.25) is 0 Å². The first kappa shape index (κ1) is 15.5. The summed E-state index contributed by atoms with van der Waals surface area (Å²) >= 11 is 1.84. The minimum absolute atomic E-state index is 0.753. The van der Waals surface area contributed by atoms with E-state index in [-0.39, 0.29) is 0 Å². The highest BCUT2D eigenvalue weighted by atomic mass is 32.2. The lowest BCUT2D eigenvalue weighted by Crippen LogP contribution is -2.18. The molecule has 0 fully saturated rings. The highest BCUT2D eigenvalue weighted by Gasteiger charge is 1.97. The molecule has 1 rings (SSSR count). The standard InChI is InChI=1S/C14H23NO2S/c1-3-17-9-10-18-14-6-4-5-13(11-14)12-15-7-8-16-2/h4-6,11,15H,3,7-10,12H2,1-2H3. The van der Waals surface area contributed by atoms with Gasteiger partial charge in [-0.15, -0.1) is 11.8 Å². The Morgan fingerprint density at radius 1 is 1.28 bits per heavy atom. The minimum Gasteiger partial charge on any atom is -0.383 e. The van der Waals surface area contributed by atoms with E-state index in [9.17, 15) is 0 Å². The summed E-state index contributed by atoms with van der Waals surface area (Å²) in [6, 6.07) is 8.63. The number of methoxy groups -OCH3 is 1. The zero-order valence-electron chi connectivity index (χ0n) is 11.3. The fourth-order valence-electron chi connectivity index (χ4n) is 1.51. The van der Waals surface area contributed by atoms with Gasteiger partial charge in [-0.05, 0) is 24.6 Å². The quantitative estimate of drug-likeness (QED) is 0.522. The molecule has 0 aliphatic heterocycles. The molecule has 18 heavy (non-hydrogen) atoms. The van der Waals surface area contributed by atoms with Crippen molar-refractivity contribution in [1.82, 2.24) is 5.32 Å². The first-order valence-corrected chi connectivity index (χ1v) is 7.34. The Hall–Kier alpha value is -0.550. The number of nitrogens with one attached hydrogen (secondary N) is 1. The maximum absolute atomic E-state index is 5.33. The summed E-state index contributed by atoms with van der Waals surface area (Å²) in [7, 11) is 1.72. The van der Waals surface area contributed by atoms with E-state index < -0.39 is 0 Å². The monoisotopic (exact) mass is 269 g/mol. The Bertz CT molecular complexity index is 293. The second-order valence-corrected chi connectivity index (χ2v) is 5.03. The van der Waals surface area contributed by atoms with Crippen molar-refractivity contribution in [3.05, 3.63) is 29.8 Å². The first-order chi connectivity index (χ1) is 8.86. The summed E-state index contributed by atoms with van der Waals surface area (Å²) in [5.41, 5.74) is 1.31. The molecular formula is C14H23NO2S. The Kier molecular flexibility index (Phi) is 8.94. The molecule has 0 atom stereocenters. The lowest BCUT2D eigenvalue weighted by Gasteiger charge is -2.07. The van der Waals surface area contributed by atoms with Crippen LogP contribution < -0.4 is 5.32 Å². The second kappa shape index (κ2) is 10.4. The predicted molar refractivity (Wildman–Crippen MR) is 77.2 cm³/mol. The smallest absolute Gasteiger partial charge is 0.0587 e. The summed E-state index contributed by atoms with van der Waals surface area (Å²) in [6.07, 6.45) is 0. The highest BCUT2D eigenvalue weighted by molar-refractivity contribution is 7.99. The molecule has 0 heterocycles. The van der Waals surface area contributed by atoms with Crippen molar-refractivity contribution in [3.8, 4) is 0 Å². The van der Waals surface area contributed by atoms with Crippen molar-refractivity contribution in [2.45, 2.75) is 18.4 Å². The third-order valence-corrected chi connectivity index (χ3v) is 3.37. The fourth-order valence-corrected chi connectivity index (χ4v) is 2.36. The van der Waals surface area contributed by atoms with Crippen LogP contribution in [0.1, 0.15) is 12.5 Å². The van der Waals surface area contributed by atoms with E-state index in [1.807, 2.05) is 18.7 Å². The van der Waals surface area contributed by atoms with Crippen molar-refractivity contribution in [3.63, 3.8) is 0 Å². The molecule has 0 unspecified atom stereocenters. The summed E-state index contributed by atoms with van der Waals surface area (Å²) < 4.78 is 10.3. The molecule has 0 aromatic heterocycles. The number of thioether (sulfide) groups is 1. The molecule has 0 saturated heterocycles. The lowest BCUT2D eigenvalue weighted by atomic mass is 10.2. The molecule has 0 aliphatic rings. The summed E-state index contributed by atoms with van der Waals surface area (Å²) in [5.74, 6) is 1.01. The molecule has 0 spiro atoms. The van der Waals surface area contributed by atoms with E-state index in [1.165, 1.54) is 10.5 Å². The van der Waals surface area contributed by atoms with Gasteiger partial charge in [0.1, 0.15) is 0 Å². The number of ether oxygens (including phenoxy) is 2. The number of rotatable bonds is 10. The molecular weight excluding hydrogens is 246 g/mol. The van der Waals surface area contributed by atoms with Crippen molar-refractivity contribution < 1.29 is 9.47 Å². The van der Waals surface area contributed by atoms with Crippen molar-refractivity contribution in [1.29, 1.82) is 0 Å². The SMILES string of the molecule is CCOCCSc1cccc(CNCCOC)c1. The number of benzene rings is 1. The van der Waals surface area contributed by atoms with E-state index in [1.54, 1.807) is 7.11 Å². The fraction of sp³-hybridized carbons (Fsp3) is 0.571. The Morgan fingerprint density at radius 3 is 2.94 bits per heavy atom. The van der Waals surface area contributed by atoms with Gasteiger partial charge in [-0.3, -0.25) is 0 Å². The van der Waals surface area contributed by atoms with Crippen LogP contribution in [0, 0.1) is 0 Å². The van der Waals surface area contributed by atoms with Crippen LogP contribution in [-0.4, -0.2) is 39.2 Å². The van der Waals surface area contributed by atoms with E-state index in [0.717, 1.165) is 38.7 Å². The summed E-state index contributed by atoms with van der Waals surface area (Å²) in [4.78, 5) is 1.31. The Balaban J connectivity index is 2.27. The van der Waals surface area contributed by atoms with Gasteiger partial charge < -0.3 is 14.8 Å². The molecule has 0 amide bonds. The first-order valence-electron chi connectivity index (χ1n) is 6.36. The van der Waals surface area contributed by atoms with Crippen LogP contribution in [0.3, 0.4) is 0 Å². The van der Waals surface area contributed by atoms with Gasteiger partial charge >= 0.3 is 0 Å². The highest BCUT2D eigenvalue weighted by Crippen LogP contribution is 2.18. The van der Waals surface area contributed by atoms with Crippen molar-refractivity contribution >= 4 is 11.8 Å². The van der Waals surface area contributed by atoms with Gasteiger partial charge in [0.2, 0.25) is 0 Å². The van der Waals surface area contributed by atoms with Crippen LogP contribution in [0.25, 0.3) is 0 Å². The molecule has 3 nitrogen and oxygen atoms in total. The van der Waals surface area contributed by atoms with Crippen LogP contribution in [0.5, 0.6) is 0 Å². The number of hydrogen-bond donors (Lipinski definition) is 1. The molecule has 1 aromatic carbocycles. The zero-order chi connectivity index (χ0) is 13.1. The average Bonchev–Trinajstić information content (AvgIpc) is 2.40. The molecule has 0 bridgehead atoms. The van der Waals surface area contributed by atoms with Crippen LogP contribution in [-0.2, 0) is 16.0 Å². The molecule has 0 saturated carbocycles. The normalized spacial score (nSPS) is 10.8. The van der Waals surface area contributed by atoms with Gasteiger partial charge in [-0.1, -0.05) is 12.1 Å². The third-order valence-electron chi connectivity index (χ3n) is 2.41. The Labute approximate surface area is 114 Å². The molecule has 0 aliphatic carbocycles. The predicted octanol–water partition coefficient (Wildman–Crippen LogP) is 2.55. The van der Waals surface area contributed by atoms with Crippen LogP contribution in [0.15, 0.2) is 29.2 Å². The maximum Gasteiger partial charge on any atom is 0.0587 e. The second-order valence-electron chi connectivity index (χ2n) is 3.86. The van der Waals surface area contributed by atoms with E-state index in [4.69, 9.17) is 9.47 Å². The maximum atomic E-state index is 5.33. The molecule has 4 heteroatoms. The van der Waals surface area contributed by atoms with Gasteiger partial charge in [0.15, 0.2) is 0 Å². The van der Waals surface area contributed by atoms with Crippen LogP contribution in [0.4, 0.5) is 0 Å². The van der Waals surface area contributed by atoms with E-state index in [0.29, 0.717) is 0 Å². The summed E-state index contributed by atoms with van der Waals surface area (Å²) in [5, 5.41) is 3.35. The lowest BCUT2D eigenvalue weighted by molar-refractivity contribution is 0.164. The van der Waals surface area contributed by atoms with Gasteiger partial charge in [0, 0.05) is 37.5 Å².